The molecule has 5 heteroatoms. The first-order valence-electron chi connectivity index (χ1n) is 6.29. The molecule has 0 fully saturated rings. The zero-order chi connectivity index (χ0) is 14.0. The smallest absolute Gasteiger partial charge is 0.371 e. The number of unbranched alkanes of at least 4 members (excludes halogenated alkanes) is 1. The Morgan fingerprint density at radius 1 is 1.37 bits per heavy atom. The van der Waals surface area contributed by atoms with E-state index in [-0.39, 0.29) is 11.6 Å². The number of rotatable bonds is 5. The second-order valence-corrected chi connectivity index (χ2v) is 4.60. The zero-order valence-electron chi connectivity index (χ0n) is 11.0. The zero-order valence-corrected chi connectivity index (χ0v) is 11.0. The largest absolute Gasteiger partial charge is 0.475 e. The van der Waals surface area contributed by atoms with Crippen LogP contribution in [-0.4, -0.2) is 26.8 Å². The van der Waals surface area contributed by atoms with E-state index < -0.39 is 5.97 Å². The summed E-state index contributed by atoms with van der Waals surface area (Å²) < 4.78 is 0. The molecule has 0 unspecified atom stereocenters. The van der Waals surface area contributed by atoms with Gasteiger partial charge in [0.25, 0.3) is 0 Å². The van der Waals surface area contributed by atoms with E-state index in [0.717, 1.165) is 18.4 Å². The monoisotopic (exact) mass is 260 g/mol. The molecule has 2 rings (SSSR count). The van der Waals surface area contributed by atoms with E-state index in [1.807, 2.05) is 13.8 Å². The summed E-state index contributed by atoms with van der Waals surface area (Å²) in [4.78, 5) is 29.6. The molecule has 0 aliphatic carbocycles. The van der Waals surface area contributed by atoms with Crippen LogP contribution in [0.2, 0.25) is 0 Å². The van der Waals surface area contributed by atoms with Crippen LogP contribution in [0.1, 0.15) is 52.7 Å². The molecule has 1 heterocycles. The van der Waals surface area contributed by atoms with Gasteiger partial charge in [-0.3, -0.25) is 4.79 Å². The third-order valence-electron chi connectivity index (χ3n) is 3.09. The second-order valence-electron chi connectivity index (χ2n) is 4.60. The Labute approximate surface area is 110 Å². The molecule has 1 aromatic carbocycles. The Morgan fingerprint density at radius 3 is 2.74 bits per heavy atom. The Morgan fingerprint density at radius 2 is 2.11 bits per heavy atom. The second kappa shape index (κ2) is 5.22. The average molecular weight is 260 g/mol. The van der Waals surface area contributed by atoms with Crippen molar-refractivity contribution in [3.05, 3.63) is 29.1 Å². The number of aromatic nitrogens is 2. The fraction of sp³-hybridized carbons (Fsp3) is 0.357. The van der Waals surface area contributed by atoms with Gasteiger partial charge in [0.2, 0.25) is 5.82 Å². The average Bonchev–Trinajstić information content (AvgIpc) is 2.77. The summed E-state index contributed by atoms with van der Waals surface area (Å²) in [7, 11) is 0. The number of hydrogen-bond acceptors (Lipinski definition) is 3. The van der Waals surface area contributed by atoms with Gasteiger partial charge in [0.15, 0.2) is 5.78 Å². The van der Waals surface area contributed by atoms with Gasteiger partial charge in [0, 0.05) is 12.0 Å². The number of fused-ring (bicyclic) bond motifs is 1. The van der Waals surface area contributed by atoms with Crippen molar-refractivity contribution >= 4 is 22.8 Å². The summed E-state index contributed by atoms with van der Waals surface area (Å²) in [5.74, 6) is -1.12. The highest BCUT2D eigenvalue weighted by Crippen LogP contribution is 2.20. The minimum Gasteiger partial charge on any atom is -0.475 e. The van der Waals surface area contributed by atoms with Crippen molar-refractivity contribution < 1.29 is 14.7 Å². The van der Waals surface area contributed by atoms with Crippen LogP contribution in [0.15, 0.2) is 12.1 Å². The van der Waals surface area contributed by atoms with E-state index in [2.05, 4.69) is 9.97 Å². The number of carbonyl (C=O) groups excluding carboxylic acids is 1. The minimum absolute atomic E-state index is 0.0844. The SMILES string of the molecule is CCCCC(=O)c1cc2nc(C(=O)O)[nH]c2cc1C. The number of benzene rings is 1. The molecule has 0 aliphatic heterocycles. The van der Waals surface area contributed by atoms with E-state index in [0.29, 0.717) is 23.0 Å². The maximum atomic E-state index is 12.1. The molecule has 1 aromatic heterocycles. The van der Waals surface area contributed by atoms with Crippen molar-refractivity contribution in [3.63, 3.8) is 0 Å². The molecule has 19 heavy (non-hydrogen) atoms. The van der Waals surface area contributed by atoms with Crippen LogP contribution in [0.5, 0.6) is 0 Å². The van der Waals surface area contributed by atoms with Gasteiger partial charge in [-0.1, -0.05) is 13.3 Å². The number of aryl methyl sites for hydroxylation is 1. The van der Waals surface area contributed by atoms with Crippen molar-refractivity contribution in [1.29, 1.82) is 0 Å². The number of nitrogens with one attached hydrogen (secondary N) is 1. The predicted molar refractivity (Wildman–Crippen MR) is 71.6 cm³/mol. The van der Waals surface area contributed by atoms with Crippen LogP contribution in [0.3, 0.4) is 0 Å². The van der Waals surface area contributed by atoms with Crippen LogP contribution < -0.4 is 0 Å². The number of Topliss-reactive ketones (excluding diaryl/α,β-unsaturated/α-hetero) is 1. The lowest BCUT2D eigenvalue weighted by Crippen LogP contribution is -2.01. The molecule has 0 saturated heterocycles. The number of aromatic carboxylic acids is 1. The Hall–Kier alpha value is -2.17. The van der Waals surface area contributed by atoms with Crippen molar-refractivity contribution in [2.45, 2.75) is 33.1 Å². The lowest BCUT2D eigenvalue weighted by atomic mass is 10.0. The Kier molecular flexibility index (Phi) is 3.64. The van der Waals surface area contributed by atoms with Crippen LogP contribution in [0.25, 0.3) is 11.0 Å². The maximum absolute atomic E-state index is 12.1. The van der Waals surface area contributed by atoms with Crippen molar-refractivity contribution in [2.75, 3.05) is 0 Å². The lowest BCUT2D eigenvalue weighted by Gasteiger charge is -2.04. The van der Waals surface area contributed by atoms with Crippen LogP contribution in [-0.2, 0) is 0 Å². The summed E-state index contributed by atoms with van der Waals surface area (Å²) in [6, 6.07) is 3.44. The quantitative estimate of drug-likeness (QED) is 0.809. The number of hydrogen-bond donors (Lipinski definition) is 2. The van der Waals surface area contributed by atoms with E-state index in [1.54, 1.807) is 12.1 Å². The molecule has 0 bridgehead atoms. The molecule has 2 N–H and O–H groups in total. The first-order chi connectivity index (χ1) is 9.02. The molecule has 0 aliphatic rings. The number of H-pyrrole nitrogens is 1. The number of nitrogens with zero attached hydrogens (tertiary/aromatic N) is 1. The summed E-state index contributed by atoms with van der Waals surface area (Å²) in [5, 5.41) is 8.89. The molecule has 100 valence electrons. The highest BCUT2D eigenvalue weighted by atomic mass is 16.4. The third-order valence-corrected chi connectivity index (χ3v) is 3.09. The standard InChI is InChI=1S/C14H16N2O3/c1-3-4-5-12(17)9-7-11-10(6-8(9)2)15-13(16-11)14(18)19/h6-7H,3-5H2,1-2H3,(H,15,16)(H,18,19). The lowest BCUT2D eigenvalue weighted by molar-refractivity contribution is 0.0685. The summed E-state index contributed by atoms with van der Waals surface area (Å²) in [6.07, 6.45) is 2.34. The highest BCUT2D eigenvalue weighted by molar-refractivity contribution is 6.01. The van der Waals surface area contributed by atoms with Gasteiger partial charge in [-0.15, -0.1) is 0 Å². The van der Waals surface area contributed by atoms with Crippen molar-refractivity contribution in [1.82, 2.24) is 9.97 Å². The topological polar surface area (TPSA) is 83.1 Å². The fourth-order valence-corrected chi connectivity index (χ4v) is 2.04. The Bertz CT molecular complexity index is 643. The van der Waals surface area contributed by atoms with Crippen molar-refractivity contribution in [2.24, 2.45) is 0 Å². The first-order valence-corrected chi connectivity index (χ1v) is 6.29. The van der Waals surface area contributed by atoms with E-state index in [4.69, 9.17) is 5.11 Å². The van der Waals surface area contributed by atoms with Gasteiger partial charge >= 0.3 is 5.97 Å². The Balaban J connectivity index is 2.43. The normalized spacial score (nSPS) is 10.8. The molecule has 0 spiro atoms. The van der Waals surface area contributed by atoms with E-state index in [1.165, 1.54) is 0 Å². The third kappa shape index (κ3) is 2.65. The van der Waals surface area contributed by atoms with E-state index in [9.17, 15) is 9.59 Å². The van der Waals surface area contributed by atoms with Crippen LogP contribution in [0.4, 0.5) is 0 Å². The van der Waals surface area contributed by atoms with Gasteiger partial charge in [0.1, 0.15) is 0 Å². The fourth-order valence-electron chi connectivity index (χ4n) is 2.04. The number of imidazole rings is 1. The van der Waals surface area contributed by atoms with Crippen molar-refractivity contribution in [3.8, 4) is 0 Å². The number of carboxylic acids is 1. The molecule has 5 nitrogen and oxygen atoms in total. The van der Waals surface area contributed by atoms with Gasteiger partial charge in [-0.25, -0.2) is 9.78 Å². The summed E-state index contributed by atoms with van der Waals surface area (Å²) >= 11 is 0. The van der Waals surface area contributed by atoms with Gasteiger partial charge in [-0.2, -0.15) is 0 Å². The number of carboxylic acid groups (broad SMARTS) is 1. The highest BCUT2D eigenvalue weighted by Gasteiger charge is 2.14. The molecular formula is C14H16N2O3. The molecular weight excluding hydrogens is 244 g/mol. The van der Waals surface area contributed by atoms with E-state index >= 15 is 0 Å². The number of carbonyl (C=O) groups is 2. The minimum atomic E-state index is -1.10. The number of aromatic amines is 1. The molecule has 0 saturated carbocycles. The summed E-state index contributed by atoms with van der Waals surface area (Å²) in [6.45, 7) is 3.89. The van der Waals surface area contributed by atoms with Crippen LogP contribution >= 0.6 is 0 Å². The molecule has 2 aromatic rings. The van der Waals surface area contributed by atoms with Gasteiger partial charge < -0.3 is 10.1 Å². The molecule has 0 amide bonds. The predicted octanol–water partition coefficient (Wildman–Crippen LogP) is 2.94. The first kappa shape index (κ1) is 13.3. The molecule has 0 atom stereocenters. The summed E-state index contributed by atoms with van der Waals surface area (Å²) in [5.41, 5.74) is 2.63. The van der Waals surface area contributed by atoms with Gasteiger partial charge in [-0.05, 0) is 31.0 Å². The van der Waals surface area contributed by atoms with Crippen LogP contribution in [0, 0.1) is 6.92 Å². The van der Waals surface area contributed by atoms with Gasteiger partial charge in [0.05, 0.1) is 11.0 Å². The molecule has 0 radical (unpaired) electrons. The number of ketones is 1. The maximum Gasteiger partial charge on any atom is 0.371 e.